The Labute approximate surface area is 93.0 Å². The van der Waals surface area contributed by atoms with Crippen molar-refractivity contribution in [3.05, 3.63) is 0 Å². The Morgan fingerprint density at radius 3 is 2.33 bits per heavy atom. The third-order valence-corrected chi connectivity index (χ3v) is 3.55. The zero-order valence-electron chi connectivity index (χ0n) is 10.2. The van der Waals surface area contributed by atoms with Crippen LogP contribution in [0, 0.1) is 5.92 Å². The first-order valence-electron chi connectivity index (χ1n) is 6.12. The molecule has 0 heterocycles. The number of hydrogen-bond donors (Lipinski definition) is 2. The molecule has 1 unspecified atom stereocenters. The summed E-state index contributed by atoms with van der Waals surface area (Å²) >= 11 is 0. The van der Waals surface area contributed by atoms with Gasteiger partial charge in [-0.15, -0.1) is 0 Å². The Morgan fingerprint density at radius 1 is 1.20 bits per heavy atom. The van der Waals surface area contributed by atoms with E-state index >= 15 is 0 Å². The first-order valence-corrected chi connectivity index (χ1v) is 6.12. The average Bonchev–Trinajstić information content (AvgIpc) is 2.29. The van der Waals surface area contributed by atoms with E-state index in [2.05, 4.69) is 17.6 Å². The topological polar surface area (TPSA) is 41.1 Å². The van der Waals surface area contributed by atoms with E-state index in [0.29, 0.717) is 12.0 Å². The van der Waals surface area contributed by atoms with Crippen LogP contribution in [0.25, 0.3) is 0 Å². The van der Waals surface area contributed by atoms with Crippen LogP contribution in [0.4, 0.5) is 0 Å². The van der Waals surface area contributed by atoms with Gasteiger partial charge in [0, 0.05) is 6.04 Å². The summed E-state index contributed by atoms with van der Waals surface area (Å²) in [6.45, 7) is 4.03. The highest BCUT2D eigenvalue weighted by Crippen LogP contribution is 2.26. The summed E-state index contributed by atoms with van der Waals surface area (Å²) in [5, 5.41) is 6.06. The predicted molar refractivity (Wildman–Crippen MR) is 62.7 cm³/mol. The summed E-state index contributed by atoms with van der Waals surface area (Å²) in [4.78, 5) is 11.7. The lowest BCUT2D eigenvalue weighted by Crippen LogP contribution is -2.46. The monoisotopic (exact) mass is 212 g/mol. The normalized spacial score (nSPS) is 22.1. The molecule has 0 spiro atoms. The lowest BCUT2D eigenvalue weighted by molar-refractivity contribution is -0.123. The number of likely N-dealkylation sites (N-methyl/N-ethyl adjacent to an activating group) is 1. The Balaban J connectivity index is 2.33. The van der Waals surface area contributed by atoms with Crippen molar-refractivity contribution in [3.8, 4) is 0 Å². The van der Waals surface area contributed by atoms with Crippen molar-refractivity contribution in [1.82, 2.24) is 10.6 Å². The van der Waals surface area contributed by atoms with Crippen LogP contribution in [0.2, 0.25) is 0 Å². The van der Waals surface area contributed by atoms with Gasteiger partial charge in [0.05, 0.1) is 6.04 Å². The average molecular weight is 212 g/mol. The molecular formula is C12H24N2O. The van der Waals surface area contributed by atoms with E-state index in [4.69, 9.17) is 0 Å². The molecule has 15 heavy (non-hydrogen) atoms. The lowest BCUT2D eigenvalue weighted by atomic mass is 9.84. The number of rotatable bonds is 4. The first kappa shape index (κ1) is 12.5. The smallest absolute Gasteiger partial charge is 0.237 e. The van der Waals surface area contributed by atoms with Gasteiger partial charge in [0.25, 0.3) is 0 Å². The summed E-state index contributed by atoms with van der Waals surface area (Å²) in [5.74, 6) is 0.808. The van der Waals surface area contributed by atoms with E-state index in [1.165, 1.54) is 32.1 Å². The summed E-state index contributed by atoms with van der Waals surface area (Å²) < 4.78 is 0. The molecule has 0 saturated heterocycles. The number of carbonyl (C=O) groups excluding carboxylic acids is 1. The summed E-state index contributed by atoms with van der Waals surface area (Å²) in [7, 11) is 1.82. The minimum atomic E-state index is -0.0870. The molecule has 1 rings (SSSR count). The summed E-state index contributed by atoms with van der Waals surface area (Å²) in [6.07, 6.45) is 6.56. The third kappa shape index (κ3) is 3.82. The van der Waals surface area contributed by atoms with Gasteiger partial charge >= 0.3 is 0 Å². The highest BCUT2D eigenvalue weighted by atomic mass is 16.2. The molecular weight excluding hydrogens is 188 g/mol. The van der Waals surface area contributed by atoms with Gasteiger partial charge in [-0.05, 0) is 39.7 Å². The van der Waals surface area contributed by atoms with Crippen molar-refractivity contribution in [2.24, 2.45) is 5.92 Å². The maximum absolute atomic E-state index is 11.7. The van der Waals surface area contributed by atoms with Crippen LogP contribution in [0.5, 0.6) is 0 Å². The zero-order valence-corrected chi connectivity index (χ0v) is 10.2. The van der Waals surface area contributed by atoms with Crippen molar-refractivity contribution in [2.45, 2.75) is 58.0 Å². The maximum Gasteiger partial charge on any atom is 0.237 e. The molecule has 0 aromatic rings. The molecule has 0 aliphatic heterocycles. The van der Waals surface area contributed by atoms with E-state index < -0.39 is 0 Å². The largest absolute Gasteiger partial charge is 0.352 e. The highest BCUT2D eigenvalue weighted by molar-refractivity contribution is 5.81. The zero-order chi connectivity index (χ0) is 11.3. The van der Waals surface area contributed by atoms with Gasteiger partial charge in [-0.3, -0.25) is 4.79 Å². The Bertz CT molecular complexity index is 200. The Hall–Kier alpha value is -0.570. The lowest BCUT2D eigenvalue weighted by Gasteiger charge is -2.29. The van der Waals surface area contributed by atoms with E-state index in [-0.39, 0.29) is 11.9 Å². The standard InChI is InChI=1S/C12H24N2O/c1-9(11-7-5-4-6-8-11)14-12(15)10(2)13-3/h9-11,13H,4-8H2,1-3H3,(H,14,15)/t9-,10?/m0/s1. The molecule has 1 saturated carbocycles. The molecule has 1 fully saturated rings. The number of nitrogens with one attached hydrogen (secondary N) is 2. The molecule has 0 bridgehead atoms. The van der Waals surface area contributed by atoms with Gasteiger partial charge in [0.1, 0.15) is 0 Å². The molecule has 0 radical (unpaired) electrons. The molecule has 1 aliphatic carbocycles. The van der Waals surface area contributed by atoms with Crippen LogP contribution >= 0.6 is 0 Å². The molecule has 2 N–H and O–H groups in total. The van der Waals surface area contributed by atoms with Crippen LogP contribution < -0.4 is 10.6 Å². The van der Waals surface area contributed by atoms with Crippen molar-refractivity contribution in [3.63, 3.8) is 0 Å². The third-order valence-electron chi connectivity index (χ3n) is 3.55. The first-order chi connectivity index (χ1) is 7.15. The van der Waals surface area contributed by atoms with Gasteiger partial charge in [0.2, 0.25) is 5.91 Å². The molecule has 2 atom stereocenters. The van der Waals surface area contributed by atoms with E-state index in [1.807, 2.05) is 14.0 Å². The number of amides is 1. The molecule has 3 nitrogen and oxygen atoms in total. The van der Waals surface area contributed by atoms with Gasteiger partial charge in [-0.25, -0.2) is 0 Å². The van der Waals surface area contributed by atoms with Gasteiger partial charge < -0.3 is 10.6 Å². The SMILES string of the molecule is CNC(C)C(=O)N[C@@H](C)C1CCCCC1. The van der Waals surface area contributed by atoms with Gasteiger partial charge in [0.15, 0.2) is 0 Å². The van der Waals surface area contributed by atoms with Crippen LogP contribution in [0.15, 0.2) is 0 Å². The quantitative estimate of drug-likeness (QED) is 0.744. The second-order valence-electron chi connectivity index (χ2n) is 4.71. The van der Waals surface area contributed by atoms with Crippen molar-refractivity contribution < 1.29 is 4.79 Å². The van der Waals surface area contributed by atoms with Gasteiger partial charge in [-0.1, -0.05) is 19.3 Å². The van der Waals surface area contributed by atoms with Crippen LogP contribution in [-0.2, 0) is 4.79 Å². The van der Waals surface area contributed by atoms with Crippen molar-refractivity contribution in [2.75, 3.05) is 7.05 Å². The fourth-order valence-corrected chi connectivity index (χ4v) is 2.23. The maximum atomic E-state index is 11.7. The second kappa shape index (κ2) is 6.11. The highest BCUT2D eigenvalue weighted by Gasteiger charge is 2.22. The molecule has 3 heteroatoms. The van der Waals surface area contributed by atoms with Crippen LogP contribution in [-0.4, -0.2) is 25.0 Å². The molecule has 0 aromatic carbocycles. The predicted octanol–water partition coefficient (Wildman–Crippen LogP) is 1.68. The second-order valence-corrected chi connectivity index (χ2v) is 4.71. The summed E-state index contributed by atoms with van der Waals surface area (Å²) in [6, 6.07) is 0.240. The fraction of sp³-hybridized carbons (Fsp3) is 0.917. The Morgan fingerprint density at radius 2 is 1.80 bits per heavy atom. The Kier molecular flexibility index (Phi) is 5.09. The van der Waals surface area contributed by atoms with E-state index in [1.54, 1.807) is 0 Å². The minimum Gasteiger partial charge on any atom is -0.352 e. The van der Waals surface area contributed by atoms with Crippen molar-refractivity contribution in [1.29, 1.82) is 0 Å². The van der Waals surface area contributed by atoms with Crippen molar-refractivity contribution >= 4 is 5.91 Å². The summed E-state index contributed by atoms with van der Waals surface area (Å²) in [5.41, 5.74) is 0. The van der Waals surface area contributed by atoms with Crippen LogP contribution in [0.1, 0.15) is 46.0 Å². The van der Waals surface area contributed by atoms with E-state index in [9.17, 15) is 4.79 Å². The van der Waals surface area contributed by atoms with Crippen LogP contribution in [0.3, 0.4) is 0 Å². The number of hydrogen-bond acceptors (Lipinski definition) is 2. The molecule has 88 valence electrons. The number of carbonyl (C=O) groups is 1. The fourth-order valence-electron chi connectivity index (χ4n) is 2.23. The molecule has 1 aliphatic rings. The van der Waals surface area contributed by atoms with Gasteiger partial charge in [-0.2, -0.15) is 0 Å². The molecule has 0 aromatic heterocycles. The minimum absolute atomic E-state index is 0.0870. The van der Waals surface area contributed by atoms with E-state index in [0.717, 1.165) is 0 Å². The molecule has 1 amide bonds.